The molecule has 1 aliphatic rings. The molecule has 0 saturated carbocycles. The van der Waals surface area contributed by atoms with E-state index < -0.39 is 5.82 Å². The summed E-state index contributed by atoms with van der Waals surface area (Å²) in [6.45, 7) is 3.63. The molecule has 1 atom stereocenters. The fourth-order valence-electron chi connectivity index (χ4n) is 1.83. The molecule has 17 heavy (non-hydrogen) atoms. The monoisotopic (exact) mass is 238 g/mol. The quantitative estimate of drug-likeness (QED) is 0.514. The molecule has 0 aliphatic carbocycles. The van der Waals surface area contributed by atoms with Crippen LogP contribution in [0.2, 0.25) is 0 Å². The zero-order valence-electron chi connectivity index (χ0n) is 9.61. The highest BCUT2D eigenvalue weighted by atomic mass is 19.1. The van der Waals surface area contributed by atoms with Gasteiger partial charge in [-0.1, -0.05) is 0 Å². The summed E-state index contributed by atoms with van der Waals surface area (Å²) in [6.07, 6.45) is 1.16. The lowest BCUT2D eigenvalue weighted by Gasteiger charge is -2.35. The van der Waals surface area contributed by atoms with Crippen molar-refractivity contribution in [1.29, 1.82) is 10.8 Å². The highest BCUT2D eigenvalue weighted by Crippen LogP contribution is 2.07. The van der Waals surface area contributed by atoms with E-state index in [0.29, 0.717) is 19.8 Å². The van der Waals surface area contributed by atoms with E-state index in [1.54, 1.807) is 4.90 Å². The summed E-state index contributed by atoms with van der Waals surface area (Å²) in [7, 11) is 0. The zero-order valence-corrected chi connectivity index (χ0v) is 9.61. The Balaban J connectivity index is 2.30. The molecule has 0 spiro atoms. The first-order valence-corrected chi connectivity index (χ1v) is 5.45. The van der Waals surface area contributed by atoms with Gasteiger partial charge < -0.3 is 9.64 Å². The SMILES string of the molecule is C[C@H]1COCCN1C(=N)n1cc(F)ccc1=N. The van der Waals surface area contributed by atoms with Gasteiger partial charge in [-0.3, -0.25) is 15.4 Å². The van der Waals surface area contributed by atoms with Crippen molar-refractivity contribution in [3.63, 3.8) is 0 Å². The standard InChI is InChI=1S/C11H15FN4O/c1-8-7-17-5-4-15(8)11(14)16-6-9(12)2-3-10(16)13/h2-3,6,8,13-14H,4-5,7H2,1H3/t8-/m0/s1. The van der Waals surface area contributed by atoms with E-state index in [4.69, 9.17) is 15.6 Å². The first-order valence-electron chi connectivity index (χ1n) is 5.45. The van der Waals surface area contributed by atoms with E-state index in [9.17, 15) is 4.39 Å². The normalized spacial score (nSPS) is 20.4. The Morgan fingerprint density at radius 3 is 3.00 bits per heavy atom. The van der Waals surface area contributed by atoms with Crippen LogP contribution in [0.1, 0.15) is 6.92 Å². The number of morpholine rings is 1. The highest BCUT2D eigenvalue weighted by molar-refractivity contribution is 5.79. The van der Waals surface area contributed by atoms with Crippen LogP contribution in [0.5, 0.6) is 0 Å². The molecule has 5 nitrogen and oxygen atoms in total. The van der Waals surface area contributed by atoms with Crippen molar-refractivity contribution in [3.05, 3.63) is 29.6 Å². The summed E-state index contributed by atoms with van der Waals surface area (Å²) in [4.78, 5) is 1.81. The third-order valence-electron chi connectivity index (χ3n) is 2.78. The first-order chi connectivity index (χ1) is 8.09. The lowest BCUT2D eigenvalue weighted by Crippen LogP contribution is -2.51. The van der Waals surface area contributed by atoms with Crippen LogP contribution < -0.4 is 5.49 Å². The second-order valence-corrected chi connectivity index (χ2v) is 4.04. The van der Waals surface area contributed by atoms with Crippen LogP contribution in [0.25, 0.3) is 0 Å². The van der Waals surface area contributed by atoms with Crippen LogP contribution in [0.4, 0.5) is 4.39 Å². The number of pyridine rings is 1. The molecule has 1 aromatic rings. The number of hydrogen-bond acceptors (Lipinski definition) is 3. The van der Waals surface area contributed by atoms with E-state index in [-0.39, 0.29) is 17.5 Å². The van der Waals surface area contributed by atoms with Gasteiger partial charge in [-0.25, -0.2) is 4.39 Å². The minimum Gasteiger partial charge on any atom is -0.377 e. The summed E-state index contributed by atoms with van der Waals surface area (Å²) < 4.78 is 19.6. The van der Waals surface area contributed by atoms with E-state index in [1.807, 2.05) is 6.92 Å². The molecule has 0 bridgehead atoms. The molecular formula is C11H15FN4O. The van der Waals surface area contributed by atoms with Gasteiger partial charge in [0.2, 0.25) is 5.96 Å². The number of ether oxygens (including phenoxy) is 1. The van der Waals surface area contributed by atoms with Gasteiger partial charge in [-0.05, 0) is 19.1 Å². The second kappa shape index (κ2) is 4.67. The summed E-state index contributed by atoms with van der Waals surface area (Å²) in [5, 5.41) is 15.7. The van der Waals surface area contributed by atoms with E-state index >= 15 is 0 Å². The molecule has 0 amide bonds. The topological polar surface area (TPSA) is 65.1 Å². The van der Waals surface area contributed by atoms with Crippen molar-refractivity contribution in [2.24, 2.45) is 0 Å². The molecule has 1 aliphatic heterocycles. The molecule has 2 heterocycles. The van der Waals surface area contributed by atoms with Crippen LogP contribution in [-0.4, -0.2) is 41.2 Å². The van der Waals surface area contributed by atoms with Gasteiger partial charge in [-0.2, -0.15) is 0 Å². The highest BCUT2D eigenvalue weighted by Gasteiger charge is 2.22. The number of halogens is 1. The molecule has 1 saturated heterocycles. The van der Waals surface area contributed by atoms with Gasteiger partial charge in [0.15, 0.2) is 0 Å². The van der Waals surface area contributed by atoms with Crippen molar-refractivity contribution in [2.75, 3.05) is 19.8 Å². The van der Waals surface area contributed by atoms with Crippen LogP contribution >= 0.6 is 0 Å². The van der Waals surface area contributed by atoms with E-state index in [2.05, 4.69) is 0 Å². The van der Waals surface area contributed by atoms with Gasteiger partial charge in [0.05, 0.1) is 19.3 Å². The number of nitrogens with one attached hydrogen (secondary N) is 2. The molecule has 0 aromatic carbocycles. The lowest BCUT2D eigenvalue weighted by atomic mass is 10.3. The predicted molar refractivity (Wildman–Crippen MR) is 60.4 cm³/mol. The minimum atomic E-state index is -0.452. The maximum Gasteiger partial charge on any atom is 0.204 e. The molecule has 1 aromatic heterocycles. The predicted octanol–water partition coefficient (Wildman–Crippen LogP) is 0.610. The fraction of sp³-hybridized carbons (Fsp3) is 0.455. The Morgan fingerprint density at radius 2 is 2.29 bits per heavy atom. The second-order valence-electron chi connectivity index (χ2n) is 4.04. The van der Waals surface area contributed by atoms with Crippen LogP contribution in [0.3, 0.4) is 0 Å². The Bertz CT molecular complexity index is 485. The minimum absolute atomic E-state index is 0.0615. The smallest absolute Gasteiger partial charge is 0.204 e. The van der Waals surface area contributed by atoms with Crippen LogP contribution in [0, 0.1) is 16.6 Å². The number of nitrogens with zero attached hydrogens (tertiary/aromatic N) is 2. The maximum atomic E-state index is 13.1. The molecule has 92 valence electrons. The average Bonchev–Trinajstić information content (AvgIpc) is 2.32. The van der Waals surface area contributed by atoms with Crippen molar-refractivity contribution in [3.8, 4) is 0 Å². The Hall–Kier alpha value is -1.69. The molecule has 1 fully saturated rings. The largest absolute Gasteiger partial charge is 0.377 e. The first kappa shape index (κ1) is 11.8. The van der Waals surface area contributed by atoms with Gasteiger partial charge >= 0.3 is 0 Å². The molecule has 2 N–H and O–H groups in total. The van der Waals surface area contributed by atoms with E-state index in [1.165, 1.54) is 16.7 Å². The number of hydrogen-bond donors (Lipinski definition) is 2. The van der Waals surface area contributed by atoms with Crippen molar-refractivity contribution >= 4 is 5.96 Å². The maximum absolute atomic E-state index is 13.1. The summed E-state index contributed by atoms with van der Waals surface area (Å²) >= 11 is 0. The van der Waals surface area contributed by atoms with Gasteiger partial charge in [-0.15, -0.1) is 0 Å². The van der Waals surface area contributed by atoms with E-state index in [0.717, 1.165) is 6.20 Å². The fourth-order valence-corrected chi connectivity index (χ4v) is 1.83. The van der Waals surface area contributed by atoms with Gasteiger partial charge in [0.25, 0.3) is 0 Å². The third kappa shape index (κ3) is 2.36. The van der Waals surface area contributed by atoms with Gasteiger partial charge in [0.1, 0.15) is 11.3 Å². The lowest BCUT2D eigenvalue weighted by molar-refractivity contribution is 0.0312. The van der Waals surface area contributed by atoms with Crippen molar-refractivity contribution < 1.29 is 9.13 Å². The Morgan fingerprint density at radius 1 is 1.53 bits per heavy atom. The molecule has 2 rings (SSSR count). The molecule has 6 heteroatoms. The Kier molecular flexibility index (Phi) is 3.23. The Labute approximate surface area is 98.5 Å². The van der Waals surface area contributed by atoms with Crippen LogP contribution in [0.15, 0.2) is 18.3 Å². The number of rotatable bonds is 0. The number of aromatic nitrogens is 1. The summed E-state index contributed by atoms with van der Waals surface area (Å²) in [6, 6.07) is 2.62. The molecule has 0 unspecified atom stereocenters. The molecule has 0 radical (unpaired) electrons. The summed E-state index contributed by atoms with van der Waals surface area (Å²) in [5.41, 5.74) is 0.0927. The summed E-state index contributed by atoms with van der Waals surface area (Å²) in [5.74, 6) is -0.336. The zero-order chi connectivity index (χ0) is 12.4. The van der Waals surface area contributed by atoms with Crippen molar-refractivity contribution in [1.82, 2.24) is 9.47 Å². The third-order valence-corrected chi connectivity index (χ3v) is 2.78. The van der Waals surface area contributed by atoms with Crippen LogP contribution in [-0.2, 0) is 4.74 Å². The van der Waals surface area contributed by atoms with Crippen molar-refractivity contribution in [2.45, 2.75) is 13.0 Å². The molecular weight excluding hydrogens is 223 g/mol. The van der Waals surface area contributed by atoms with Gasteiger partial charge in [0, 0.05) is 12.7 Å². The average molecular weight is 238 g/mol.